The molecule has 0 aromatic heterocycles. The summed E-state index contributed by atoms with van der Waals surface area (Å²) in [6.45, 7) is 4.67. The molecule has 1 aliphatic carbocycles. The maximum Gasteiger partial charge on any atom is 0.00922 e. The Morgan fingerprint density at radius 3 is 2.38 bits per heavy atom. The standard InChI is InChI=1S/C12H25N/c1-4-10(2)12(13-3)9-11-7-5-6-8-11/h10-13H,4-9H2,1-3H3. The maximum absolute atomic E-state index is 3.48. The van der Waals surface area contributed by atoms with Crippen molar-refractivity contribution in [3.8, 4) is 0 Å². The summed E-state index contributed by atoms with van der Waals surface area (Å²) in [5, 5.41) is 3.48. The molecule has 1 saturated carbocycles. The second-order valence-electron chi connectivity index (χ2n) is 4.67. The van der Waals surface area contributed by atoms with E-state index in [1.165, 1.54) is 38.5 Å². The molecular formula is C12H25N. The van der Waals surface area contributed by atoms with Crippen LogP contribution < -0.4 is 5.32 Å². The first-order chi connectivity index (χ1) is 6.27. The fourth-order valence-corrected chi connectivity index (χ4v) is 2.52. The molecule has 1 fully saturated rings. The molecule has 2 atom stereocenters. The Morgan fingerprint density at radius 1 is 1.31 bits per heavy atom. The normalized spacial score (nSPS) is 23.3. The Balaban J connectivity index is 2.29. The van der Waals surface area contributed by atoms with Gasteiger partial charge in [0.15, 0.2) is 0 Å². The largest absolute Gasteiger partial charge is 0.317 e. The summed E-state index contributed by atoms with van der Waals surface area (Å²) in [4.78, 5) is 0. The van der Waals surface area contributed by atoms with Crippen molar-refractivity contribution < 1.29 is 0 Å². The van der Waals surface area contributed by atoms with Gasteiger partial charge in [0.25, 0.3) is 0 Å². The van der Waals surface area contributed by atoms with E-state index in [4.69, 9.17) is 0 Å². The van der Waals surface area contributed by atoms with E-state index in [0.29, 0.717) is 0 Å². The Bertz CT molecular complexity index is 127. The minimum absolute atomic E-state index is 0.757. The topological polar surface area (TPSA) is 12.0 Å². The molecule has 0 amide bonds. The van der Waals surface area contributed by atoms with E-state index >= 15 is 0 Å². The van der Waals surface area contributed by atoms with Crippen molar-refractivity contribution in [3.05, 3.63) is 0 Å². The zero-order valence-electron chi connectivity index (χ0n) is 9.47. The van der Waals surface area contributed by atoms with Crippen molar-refractivity contribution in [1.29, 1.82) is 0 Å². The molecule has 0 aromatic rings. The van der Waals surface area contributed by atoms with Gasteiger partial charge in [0.05, 0.1) is 0 Å². The molecule has 0 aromatic carbocycles. The lowest BCUT2D eigenvalue weighted by atomic mass is 9.89. The van der Waals surface area contributed by atoms with Crippen molar-refractivity contribution in [2.24, 2.45) is 11.8 Å². The van der Waals surface area contributed by atoms with Crippen LogP contribution in [0.2, 0.25) is 0 Å². The van der Waals surface area contributed by atoms with Crippen molar-refractivity contribution in [2.45, 2.75) is 58.4 Å². The molecule has 0 spiro atoms. The van der Waals surface area contributed by atoms with Crippen molar-refractivity contribution in [2.75, 3.05) is 7.05 Å². The third-order valence-electron chi connectivity index (χ3n) is 3.76. The molecule has 1 nitrogen and oxygen atoms in total. The predicted molar refractivity (Wildman–Crippen MR) is 58.9 cm³/mol. The van der Waals surface area contributed by atoms with Crippen molar-refractivity contribution >= 4 is 0 Å². The van der Waals surface area contributed by atoms with Crippen LogP contribution >= 0.6 is 0 Å². The van der Waals surface area contributed by atoms with Crippen LogP contribution in [0.25, 0.3) is 0 Å². The lowest BCUT2D eigenvalue weighted by Gasteiger charge is -2.25. The highest BCUT2D eigenvalue weighted by Gasteiger charge is 2.21. The monoisotopic (exact) mass is 183 g/mol. The van der Waals surface area contributed by atoms with Gasteiger partial charge in [-0.2, -0.15) is 0 Å². The van der Waals surface area contributed by atoms with Crippen molar-refractivity contribution in [3.63, 3.8) is 0 Å². The van der Waals surface area contributed by atoms with Gasteiger partial charge in [0.2, 0.25) is 0 Å². The van der Waals surface area contributed by atoms with Gasteiger partial charge in [-0.25, -0.2) is 0 Å². The minimum Gasteiger partial charge on any atom is -0.317 e. The van der Waals surface area contributed by atoms with E-state index in [-0.39, 0.29) is 0 Å². The number of nitrogens with one attached hydrogen (secondary N) is 1. The Labute approximate surface area is 83.3 Å². The molecule has 1 N–H and O–H groups in total. The average Bonchev–Trinajstić information content (AvgIpc) is 2.65. The van der Waals surface area contributed by atoms with Gasteiger partial charge in [-0.3, -0.25) is 0 Å². The average molecular weight is 183 g/mol. The van der Waals surface area contributed by atoms with Crippen molar-refractivity contribution in [1.82, 2.24) is 5.32 Å². The van der Waals surface area contributed by atoms with E-state index in [2.05, 4.69) is 26.2 Å². The zero-order chi connectivity index (χ0) is 9.68. The summed E-state index contributed by atoms with van der Waals surface area (Å²) in [6, 6.07) is 0.757. The molecule has 2 unspecified atom stereocenters. The molecule has 0 bridgehead atoms. The SMILES string of the molecule is CCC(C)C(CC1CCCC1)NC. The van der Waals surface area contributed by atoms with Gasteiger partial charge >= 0.3 is 0 Å². The highest BCUT2D eigenvalue weighted by Crippen LogP contribution is 2.30. The molecule has 0 radical (unpaired) electrons. The van der Waals surface area contributed by atoms with Crippen LogP contribution in [0, 0.1) is 11.8 Å². The van der Waals surface area contributed by atoms with E-state index in [0.717, 1.165) is 17.9 Å². The van der Waals surface area contributed by atoms with E-state index < -0.39 is 0 Å². The molecule has 0 aliphatic heterocycles. The third-order valence-corrected chi connectivity index (χ3v) is 3.76. The second-order valence-corrected chi connectivity index (χ2v) is 4.67. The second kappa shape index (κ2) is 5.64. The molecule has 78 valence electrons. The fourth-order valence-electron chi connectivity index (χ4n) is 2.52. The molecule has 13 heavy (non-hydrogen) atoms. The quantitative estimate of drug-likeness (QED) is 0.690. The third kappa shape index (κ3) is 3.30. The molecule has 0 saturated heterocycles. The number of hydrogen-bond acceptors (Lipinski definition) is 1. The van der Waals surface area contributed by atoms with Gasteiger partial charge in [-0.15, -0.1) is 0 Å². The summed E-state index contributed by atoms with van der Waals surface area (Å²) >= 11 is 0. The Kier molecular flexibility index (Phi) is 4.79. The molecule has 0 heterocycles. The smallest absolute Gasteiger partial charge is 0.00922 e. The van der Waals surface area contributed by atoms with Gasteiger partial charge < -0.3 is 5.32 Å². The number of rotatable bonds is 5. The summed E-state index contributed by atoms with van der Waals surface area (Å²) in [6.07, 6.45) is 8.62. The minimum atomic E-state index is 0.757. The highest BCUT2D eigenvalue weighted by atomic mass is 14.9. The lowest BCUT2D eigenvalue weighted by molar-refractivity contribution is 0.315. The molecule has 1 rings (SSSR count). The Morgan fingerprint density at radius 2 is 1.92 bits per heavy atom. The Hall–Kier alpha value is -0.0400. The van der Waals surface area contributed by atoms with Crippen LogP contribution in [0.5, 0.6) is 0 Å². The van der Waals surface area contributed by atoms with Gasteiger partial charge in [0, 0.05) is 6.04 Å². The van der Waals surface area contributed by atoms with Crippen LogP contribution in [-0.2, 0) is 0 Å². The maximum atomic E-state index is 3.48. The number of hydrogen-bond donors (Lipinski definition) is 1. The molecular weight excluding hydrogens is 158 g/mol. The van der Waals surface area contributed by atoms with E-state index in [1.807, 2.05) is 0 Å². The first-order valence-electron chi connectivity index (χ1n) is 5.95. The summed E-state index contributed by atoms with van der Waals surface area (Å²) in [5.74, 6) is 1.86. The van der Waals surface area contributed by atoms with Gasteiger partial charge in [-0.05, 0) is 25.3 Å². The molecule has 1 heteroatoms. The molecule has 1 aliphatic rings. The predicted octanol–water partition coefficient (Wildman–Crippen LogP) is 3.20. The fraction of sp³-hybridized carbons (Fsp3) is 1.00. The van der Waals surface area contributed by atoms with Gasteiger partial charge in [-0.1, -0.05) is 46.0 Å². The first kappa shape index (κ1) is 11.0. The van der Waals surface area contributed by atoms with Crippen LogP contribution in [-0.4, -0.2) is 13.1 Å². The highest BCUT2D eigenvalue weighted by molar-refractivity contribution is 4.77. The van der Waals surface area contributed by atoms with E-state index in [1.54, 1.807) is 0 Å². The van der Waals surface area contributed by atoms with Crippen LogP contribution in [0.15, 0.2) is 0 Å². The summed E-state index contributed by atoms with van der Waals surface area (Å²) in [7, 11) is 2.12. The van der Waals surface area contributed by atoms with Crippen LogP contribution in [0.1, 0.15) is 52.4 Å². The summed E-state index contributed by atoms with van der Waals surface area (Å²) in [5.41, 5.74) is 0. The van der Waals surface area contributed by atoms with Crippen LogP contribution in [0.4, 0.5) is 0 Å². The van der Waals surface area contributed by atoms with Crippen LogP contribution in [0.3, 0.4) is 0 Å². The lowest BCUT2D eigenvalue weighted by Crippen LogP contribution is -2.33. The van der Waals surface area contributed by atoms with E-state index in [9.17, 15) is 0 Å². The zero-order valence-corrected chi connectivity index (χ0v) is 9.47. The first-order valence-corrected chi connectivity index (χ1v) is 5.95. The summed E-state index contributed by atoms with van der Waals surface area (Å²) < 4.78 is 0. The van der Waals surface area contributed by atoms with Gasteiger partial charge in [0.1, 0.15) is 0 Å².